The molecule has 0 radical (unpaired) electrons. The molecule has 0 N–H and O–H groups in total. The average molecular weight is 219 g/mol. The molecular formula is C11H9NO2S. The van der Waals surface area contributed by atoms with Crippen molar-refractivity contribution in [3.05, 3.63) is 46.4 Å². The number of carbonyl (C=O) groups excluding carboxylic acids is 1. The molecular weight excluding hydrogens is 210 g/mol. The van der Waals surface area contributed by atoms with Crippen LogP contribution in [0.3, 0.4) is 0 Å². The van der Waals surface area contributed by atoms with Crippen LogP contribution in [-0.4, -0.2) is 11.0 Å². The average Bonchev–Trinajstić information content (AvgIpc) is 2.74. The first kappa shape index (κ1) is 9.86. The number of hydrogen-bond acceptors (Lipinski definition) is 4. The van der Waals surface area contributed by atoms with E-state index in [1.807, 2.05) is 18.4 Å². The molecule has 0 aromatic carbocycles. The molecule has 4 heteroatoms. The molecule has 2 aromatic rings. The summed E-state index contributed by atoms with van der Waals surface area (Å²) in [5.74, 6) is 0.178. The third kappa shape index (κ3) is 2.22. The summed E-state index contributed by atoms with van der Waals surface area (Å²) in [6.07, 6.45) is 3.21. The standard InChI is InChI=1S/C11H9NO2S/c1-8-4-5-12-7-9(8)14-11(13)10-3-2-6-15-10/h2-7H,1H3. The molecule has 0 aliphatic heterocycles. The van der Waals surface area contributed by atoms with Crippen molar-refractivity contribution in [2.75, 3.05) is 0 Å². The molecule has 0 saturated heterocycles. The molecule has 2 heterocycles. The monoisotopic (exact) mass is 219 g/mol. The summed E-state index contributed by atoms with van der Waals surface area (Å²) in [6, 6.07) is 5.35. The van der Waals surface area contributed by atoms with Gasteiger partial charge in [-0.15, -0.1) is 11.3 Å². The number of esters is 1. The van der Waals surface area contributed by atoms with Crippen LogP contribution in [0, 0.1) is 6.92 Å². The van der Waals surface area contributed by atoms with E-state index in [4.69, 9.17) is 4.74 Å². The topological polar surface area (TPSA) is 39.2 Å². The van der Waals surface area contributed by atoms with Gasteiger partial charge in [0.15, 0.2) is 5.75 Å². The van der Waals surface area contributed by atoms with Gasteiger partial charge in [-0.05, 0) is 30.0 Å². The molecule has 2 aromatic heterocycles. The van der Waals surface area contributed by atoms with Gasteiger partial charge >= 0.3 is 5.97 Å². The van der Waals surface area contributed by atoms with Gasteiger partial charge in [-0.2, -0.15) is 0 Å². The molecule has 0 aliphatic rings. The normalized spacial score (nSPS) is 9.93. The SMILES string of the molecule is Cc1ccncc1OC(=O)c1cccs1. The van der Waals surface area contributed by atoms with Gasteiger partial charge in [-0.1, -0.05) is 6.07 Å². The summed E-state index contributed by atoms with van der Waals surface area (Å²) in [5, 5.41) is 1.84. The molecule has 0 atom stereocenters. The van der Waals surface area contributed by atoms with E-state index in [-0.39, 0.29) is 5.97 Å². The summed E-state index contributed by atoms with van der Waals surface area (Å²) >= 11 is 1.36. The van der Waals surface area contributed by atoms with Crippen molar-refractivity contribution in [3.8, 4) is 5.75 Å². The molecule has 0 amide bonds. The number of nitrogens with zero attached hydrogens (tertiary/aromatic N) is 1. The van der Waals surface area contributed by atoms with Gasteiger partial charge in [-0.3, -0.25) is 4.98 Å². The Morgan fingerprint density at radius 3 is 3.00 bits per heavy atom. The largest absolute Gasteiger partial charge is 0.420 e. The van der Waals surface area contributed by atoms with Gasteiger partial charge in [0.2, 0.25) is 0 Å². The van der Waals surface area contributed by atoms with Crippen molar-refractivity contribution in [1.82, 2.24) is 4.98 Å². The van der Waals surface area contributed by atoms with Gasteiger partial charge in [0, 0.05) is 6.20 Å². The first-order valence-electron chi connectivity index (χ1n) is 4.43. The molecule has 76 valence electrons. The lowest BCUT2D eigenvalue weighted by Crippen LogP contribution is -2.07. The molecule has 0 unspecified atom stereocenters. The molecule has 2 rings (SSSR count). The van der Waals surface area contributed by atoms with Crippen molar-refractivity contribution >= 4 is 17.3 Å². The predicted octanol–water partition coefficient (Wildman–Crippen LogP) is 2.67. The lowest BCUT2D eigenvalue weighted by Gasteiger charge is -2.04. The minimum absolute atomic E-state index is 0.332. The molecule has 3 nitrogen and oxygen atoms in total. The Balaban J connectivity index is 2.17. The van der Waals surface area contributed by atoms with E-state index in [0.717, 1.165) is 5.56 Å². The highest BCUT2D eigenvalue weighted by Crippen LogP contribution is 2.18. The molecule has 0 fully saturated rings. The highest BCUT2D eigenvalue weighted by atomic mass is 32.1. The second-order valence-corrected chi connectivity index (χ2v) is 3.96. The van der Waals surface area contributed by atoms with Gasteiger partial charge in [0.05, 0.1) is 6.20 Å². The Labute approximate surface area is 91.4 Å². The van der Waals surface area contributed by atoms with E-state index >= 15 is 0 Å². The van der Waals surface area contributed by atoms with Gasteiger partial charge in [0.1, 0.15) is 4.88 Å². The molecule has 15 heavy (non-hydrogen) atoms. The van der Waals surface area contributed by atoms with Crippen LogP contribution in [-0.2, 0) is 0 Å². The highest BCUT2D eigenvalue weighted by Gasteiger charge is 2.10. The lowest BCUT2D eigenvalue weighted by atomic mass is 10.3. The third-order valence-corrected chi connectivity index (χ3v) is 2.77. The van der Waals surface area contributed by atoms with E-state index in [0.29, 0.717) is 10.6 Å². The van der Waals surface area contributed by atoms with Gasteiger partial charge in [-0.25, -0.2) is 4.79 Å². The van der Waals surface area contributed by atoms with Gasteiger partial charge in [0.25, 0.3) is 0 Å². The Bertz CT molecular complexity index is 465. The zero-order valence-electron chi connectivity index (χ0n) is 8.14. The maximum Gasteiger partial charge on any atom is 0.353 e. The van der Waals surface area contributed by atoms with Gasteiger partial charge < -0.3 is 4.74 Å². The summed E-state index contributed by atoms with van der Waals surface area (Å²) in [7, 11) is 0. The van der Waals surface area contributed by atoms with E-state index in [1.54, 1.807) is 24.5 Å². The van der Waals surface area contributed by atoms with Crippen LogP contribution in [0.2, 0.25) is 0 Å². The van der Waals surface area contributed by atoms with Crippen LogP contribution >= 0.6 is 11.3 Å². The first-order chi connectivity index (χ1) is 7.27. The van der Waals surface area contributed by atoms with Crippen LogP contribution in [0.15, 0.2) is 36.0 Å². The first-order valence-corrected chi connectivity index (χ1v) is 5.31. The van der Waals surface area contributed by atoms with Crippen LogP contribution in [0.5, 0.6) is 5.75 Å². The summed E-state index contributed by atoms with van der Waals surface area (Å²) in [6.45, 7) is 1.87. The fourth-order valence-corrected chi connectivity index (χ4v) is 1.70. The third-order valence-electron chi connectivity index (χ3n) is 1.92. The Kier molecular flexibility index (Phi) is 2.78. The number of aryl methyl sites for hydroxylation is 1. The zero-order valence-corrected chi connectivity index (χ0v) is 8.95. The quantitative estimate of drug-likeness (QED) is 0.729. The highest BCUT2D eigenvalue weighted by molar-refractivity contribution is 7.12. The zero-order chi connectivity index (χ0) is 10.7. The second kappa shape index (κ2) is 4.23. The number of hydrogen-bond donors (Lipinski definition) is 0. The minimum atomic E-state index is -0.332. The number of pyridine rings is 1. The number of thiophene rings is 1. The Hall–Kier alpha value is -1.68. The van der Waals surface area contributed by atoms with Crippen LogP contribution in [0.4, 0.5) is 0 Å². The van der Waals surface area contributed by atoms with Crippen molar-refractivity contribution < 1.29 is 9.53 Å². The van der Waals surface area contributed by atoms with Crippen molar-refractivity contribution in [3.63, 3.8) is 0 Å². The minimum Gasteiger partial charge on any atom is -0.420 e. The van der Waals surface area contributed by atoms with Crippen molar-refractivity contribution in [2.45, 2.75) is 6.92 Å². The van der Waals surface area contributed by atoms with E-state index < -0.39 is 0 Å². The van der Waals surface area contributed by atoms with E-state index in [9.17, 15) is 4.79 Å². The number of aromatic nitrogens is 1. The smallest absolute Gasteiger partial charge is 0.353 e. The summed E-state index contributed by atoms with van der Waals surface area (Å²) in [5.41, 5.74) is 0.898. The lowest BCUT2D eigenvalue weighted by molar-refractivity contribution is 0.0738. The predicted molar refractivity (Wildman–Crippen MR) is 58.3 cm³/mol. The number of rotatable bonds is 2. The van der Waals surface area contributed by atoms with Crippen molar-refractivity contribution in [2.24, 2.45) is 0 Å². The molecule has 0 bridgehead atoms. The van der Waals surface area contributed by atoms with E-state index in [2.05, 4.69) is 4.98 Å². The van der Waals surface area contributed by atoms with Crippen molar-refractivity contribution in [1.29, 1.82) is 0 Å². The van der Waals surface area contributed by atoms with E-state index in [1.165, 1.54) is 11.3 Å². The summed E-state index contributed by atoms with van der Waals surface area (Å²) in [4.78, 5) is 16.1. The Morgan fingerprint density at radius 1 is 1.47 bits per heavy atom. The fraction of sp³-hybridized carbons (Fsp3) is 0.0909. The van der Waals surface area contributed by atoms with Crippen LogP contribution in [0.1, 0.15) is 15.2 Å². The number of ether oxygens (including phenoxy) is 1. The van der Waals surface area contributed by atoms with Crippen LogP contribution < -0.4 is 4.74 Å². The maximum atomic E-state index is 11.6. The van der Waals surface area contributed by atoms with Crippen LogP contribution in [0.25, 0.3) is 0 Å². The molecule has 0 spiro atoms. The maximum absolute atomic E-state index is 11.6. The Morgan fingerprint density at radius 2 is 2.33 bits per heavy atom. The second-order valence-electron chi connectivity index (χ2n) is 3.01. The summed E-state index contributed by atoms with van der Waals surface area (Å²) < 4.78 is 5.20. The number of carbonyl (C=O) groups is 1. The molecule has 0 saturated carbocycles. The molecule has 0 aliphatic carbocycles. The fourth-order valence-electron chi connectivity index (χ4n) is 1.10.